The number of hydrogen-bond acceptors (Lipinski definition) is 4. The molecule has 1 saturated heterocycles. The highest BCUT2D eigenvalue weighted by Gasteiger charge is 2.33. The average Bonchev–Trinajstić information content (AvgIpc) is 2.50. The van der Waals surface area contributed by atoms with Crippen LogP contribution in [0.15, 0.2) is 29.3 Å². The molecule has 1 amide bonds. The topological polar surface area (TPSA) is 75.4 Å². The lowest BCUT2D eigenvalue weighted by atomic mass is 9.91. The lowest BCUT2D eigenvalue weighted by Crippen LogP contribution is -2.49. The number of carbonyl (C=O) groups excluding carboxylic acids is 1. The van der Waals surface area contributed by atoms with Gasteiger partial charge in [0.1, 0.15) is 0 Å². The summed E-state index contributed by atoms with van der Waals surface area (Å²) in [5.41, 5.74) is 0.606. The number of likely N-dealkylation sites (tertiary alicyclic amines) is 1. The highest BCUT2D eigenvalue weighted by Crippen LogP contribution is 2.24. The number of carbonyl (C=O) groups is 1. The van der Waals surface area contributed by atoms with Gasteiger partial charge < -0.3 is 10.0 Å². The molecule has 0 saturated carbocycles. The summed E-state index contributed by atoms with van der Waals surface area (Å²) in [5.74, 6) is 0.0203. The number of piperidine rings is 1. The Morgan fingerprint density at radius 3 is 2.70 bits per heavy atom. The van der Waals surface area contributed by atoms with Gasteiger partial charge in [-0.15, -0.1) is 0 Å². The van der Waals surface area contributed by atoms with E-state index >= 15 is 0 Å². The summed E-state index contributed by atoms with van der Waals surface area (Å²) >= 11 is 0. The van der Waals surface area contributed by atoms with Crippen LogP contribution in [-0.4, -0.2) is 44.2 Å². The summed E-state index contributed by atoms with van der Waals surface area (Å²) in [7, 11) is 0. The Hall–Kier alpha value is -2.21. The number of nitrogens with zero attached hydrogens (tertiary/aromatic N) is 3. The molecule has 1 N–H and O–H groups in total. The van der Waals surface area contributed by atoms with Crippen molar-refractivity contribution in [2.75, 3.05) is 13.1 Å². The van der Waals surface area contributed by atoms with Crippen LogP contribution in [0.4, 0.5) is 0 Å². The van der Waals surface area contributed by atoms with E-state index in [1.165, 1.54) is 17.8 Å². The Kier molecular flexibility index (Phi) is 3.93. The van der Waals surface area contributed by atoms with Crippen molar-refractivity contribution >= 4 is 16.8 Å². The summed E-state index contributed by atoms with van der Waals surface area (Å²) in [4.78, 5) is 30.0. The molecule has 122 valence electrons. The van der Waals surface area contributed by atoms with Crippen LogP contribution in [-0.2, 0) is 11.3 Å². The molecule has 0 bridgehead atoms. The van der Waals surface area contributed by atoms with Crippen LogP contribution in [0.3, 0.4) is 0 Å². The van der Waals surface area contributed by atoms with Gasteiger partial charge in [0.15, 0.2) is 0 Å². The third kappa shape index (κ3) is 3.12. The van der Waals surface area contributed by atoms with Crippen molar-refractivity contribution in [2.45, 2.75) is 38.8 Å². The minimum atomic E-state index is -0.976. The number of rotatable bonds is 2. The summed E-state index contributed by atoms with van der Waals surface area (Å²) < 4.78 is 1.47. The molecule has 1 aliphatic rings. The fraction of sp³-hybridized carbons (Fsp3) is 0.471. The molecule has 0 aliphatic carbocycles. The number of aromatic nitrogens is 2. The molecule has 0 atom stereocenters. The minimum Gasteiger partial charge on any atom is -0.388 e. The highest BCUT2D eigenvalue weighted by atomic mass is 16.3. The summed E-state index contributed by atoms with van der Waals surface area (Å²) in [6.45, 7) is 4.72. The molecule has 2 aromatic rings. The number of amides is 1. The number of hydrogen-bond donors (Lipinski definition) is 1. The predicted octanol–water partition coefficient (Wildman–Crippen LogP) is 1.08. The van der Waals surface area contributed by atoms with Crippen LogP contribution in [0.25, 0.3) is 10.9 Å². The molecular formula is C17H21N3O3. The Morgan fingerprint density at radius 2 is 2.04 bits per heavy atom. The molecule has 3 rings (SSSR count). The van der Waals surface area contributed by atoms with Crippen molar-refractivity contribution in [1.29, 1.82) is 0 Å². The number of benzene rings is 1. The molecule has 6 nitrogen and oxygen atoms in total. The lowest BCUT2D eigenvalue weighted by molar-refractivity contribution is -0.133. The van der Waals surface area contributed by atoms with Gasteiger partial charge in [0.2, 0.25) is 5.91 Å². The second-order valence-corrected chi connectivity index (χ2v) is 6.43. The fourth-order valence-corrected chi connectivity index (χ4v) is 3.09. The van der Waals surface area contributed by atoms with Gasteiger partial charge in [-0.3, -0.25) is 14.2 Å². The van der Waals surface area contributed by atoms with E-state index in [-0.39, 0.29) is 18.0 Å². The largest absolute Gasteiger partial charge is 0.388 e. The van der Waals surface area contributed by atoms with Crippen molar-refractivity contribution in [3.05, 3.63) is 40.4 Å². The van der Waals surface area contributed by atoms with Crippen molar-refractivity contribution in [2.24, 2.45) is 0 Å². The van der Waals surface area contributed by atoms with E-state index in [1.54, 1.807) is 11.0 Å². The molecular weight excluding hydrogens is 294 g/mol. The molecule has 1 aromatic carbocycles. The van der Waals surface area contributed by atoms with E-state index in [1.807, 2.05) is 19.1 Å². The molecule has 6 heteroatoms. The van der Waals surface area contributed by atoms with E-state index in [9.17, 15) is 14.7 Å². The Labute approximate surface area is 134 Å². The van der Waals surface area contributed by atoms with Gasteiger partial charge in [-0.2, -0.15) is 0 Å². The Bertz CT molecular complexity index is 804. The van der Waals surface area contributed by atoms with Gasteiger partial charge in [0.05, 0.1) is 29.4 Å². The first-order valence-corrected chi connectivity index (χ1v) is 7.82. The van der Waals surface area contributed by atoms with Crippen molar-refractivity contribution in [1.82, 2.24) is 14.5 Å². The maximum absolute atomic E-state index is 12.6. The summed E-state index contributed by atoms with van der Waals surface area (Å²) in [6, 6.07) is 5.54. The zero-order valence-electron chi connectivity index (χ0n) is 13.5. The molecule has 0 unspecified atom stereocenters. The zero-order valence-corrected chi connectivity index (χ0v) is 13.5. The van der Waals surface area contributed by atoms with Gasteiger partial charge in [-0.05, 0) is 37.5 Å². The normalized spacial score (nSPS) is 17.4. The molecule has 23 heavy (non-hydrogen) atoms. The lowest BCUT2D eigenvalue weighted by Gasteiger charge is -2.38. The monoisotopic (exact) mass is 315 g/mol. The maximum Gasteiger partial charge on any atom is 0.261 e. The first kappa shape index (κ1) is 15.7. The summed E-state index contributed by atoms with van der Waals surface area (Å²) in [6.07, 6.45) is 2.43. The first-order chi connectivity index (χ1) is 10.9. The van der Waals surface area contributed by atoms with E-state index < -0.39 is 5.60 Å². The second-order valence-electron chi connectivity index (χ2n) is 6.43. The van der Waals surface area contributed by atoms with E-state index in [0.717, 1.165) is 5.56 Å². The third-order valence-electron chi connectivity index (χ3n) is 4.58. The molecule has 1 aliphatic heterocycles. The van der Waals surface area contributed by atoms with Crippen LogP contribution in [0, 0.1) is 6.92 Å². The number of fused-ring (bicyclic) bond motifs is 1. The van der Waals surface area contributed by atoms with Crippen LogP contribution < -0.4 is 5.56 Å². The Balaban J connectivity index is 1.84. The van der Waals surface area contributed by atoms with Gasteiger partial charge in [-0.1, -0.05) is 6.07 Å². The SMILES string of the molecule is CC(=O)N1CCC(O)(Cn2cnc3cc(C)ccc3c2=O)CC1. The van der Waals surface area contributed by atoms with Crippen LogP contribution in [0.1, 0.15) is 25.3 Å². The van der Waals surface area contributed by atoms with Gasteiger partial charge in [0, 0.05) is 20.0 Å². The van der Waals surface area contributed by atoms with Gasteiger partial charge >= 0.3 is 0 Å². The van der Waals surface area contributed by atoms with Crippen molar-refractivity contribution in [3.8, 4) is 0 Å². The predicted molar refractivity (Wildman–Crippen MR) is 87.2 cm³/mol. The van der Waals surface area contributed by atoms with E-state index in [0.29, 0.717) is 36.8 Å². The molecule has 0 radical (unpaired) electrons. The molecule has 2 heterocycles. The molecule has 1 fully saturated rings. The van der Waals surface area contributed by atoms with Gasteiger partial charge in [-0.25, -0.2) is 4.98 Å². The standard InChI is InChI=1S/C17H21N3O3/c1-12-3-4-14-15(9-12)18-11-20(16(14)22)10-17(23)5-7-19(8-6-17)13(2)21/h3-4,9,11,23H,5-8,10H2,1-2H3. The second kappa shape index (κ2) is 5.77. The number of aryl methyl sites for hydroxylation is 1. The van der Waals surface area contributed by atoms with E-state index in [4.69, 9.17) is 0 Å². The zero-order chi connectivity index (χ0) is 16.6. The van der Waals surface area contributed by atoms with Crippen LogP contribution in [0.5, 0.6) is 0 Å². The molecule has 0 spiro atoms. The average molecular weight is 315 g/mol. The fourth-order valence-electron chi connectivity index (χ4n) is 3.09. The van der Waals surface area contributed by atoms with Crippen molar-refractivity contribution in [3.63, 3.8) is 0 Å². The quantitative estimate of drug-likeness (QED) is 0.900. The van der Waals surface area contributed by atoms with Gasteiger partial charge in [0.25, 0.3) is 5.56 Å². The van der Waals surface area contributed by atoms with Crippen LogP contribution >= 0.6 is 0 Å². The number of aliphatic hydroxyl groups is 1. The first-order valence-electron chi connectivity index (χ1n) is 7.82. The highest BCUT2D eigenvalue weighted by molar-refractivity contribution is 5.77. The molecule has 1 aromatic heterocycles. The van der Waals surface area contributed by atoms with Crippen molar-refractivity contribution < 1.29 is 9.90 Å². The minimum absolute atomic E-state index is 0.0203. The van der Waals surface area contributed by atoms with Crippen LogP contribution in [0.2, 0.25) is 0 Å². The third-order valence-corrected chi connectivity index (χ3v) is 4.58. The smallest absolute Gasteiger partial charge is 0.261 e. The maximum atomic E-state index is 12.6. The van der Waals surface area contributed by atoms with E-state index in [2.05, 4.69) is 4.98 Å². The summed E-state index contributed by atoms with van der Waals surface area (Å²) in [5, 5.41) is 11.3. The Morgan fingerprint density at radius 1 is 1.35 bits per heavy atom.